The minimum absolute atomic E-state index is 0.0924. The predicted molar refractivity (Wildman–Crippen MR) is 50.5 cm³/mol. The van der Waals surface area contributed by atoms with Crippen molar-refractivity contribution in [2.24, 2.45) is 0 Å². The summed E-state index contributed by atoms with van der Waals surface area (Å²) in [5, 5.41) is 0. The van der Waals surface area contributed by atoms with E-state index < -0.39 is 12.6 Å². The molecule has 2 nitrogen and oxygen atoms in total. The van der Waals surface area contributed by atoms with Crippen LogP contribution in [0.2, 0.25) is 0 Å². The molecule has 0 N–H and O–H groups in total. The third-order valence-electron chi connectivity index (χ3n) is 2.00. The highest BCUT2D eigenvalue weighted by molar-refractivity contribution is 5.14. The van der Waals surface area contributed by atoms with E-state index in [1.165, 1.54) is 12.4 Å². The molecule has 15 heavy (non-hydrogen) atoms. The Balaban J connectivity index is 2.76. The second-order valence-corrected chi connectivity index (χ2v) is 3.66. The largest absolute Gasteiger partial charge is 0.389 e. The first kappa shape index (κ1) is 11.9. The van der Waals surface area contributed by atoms with Gasteiger partial charge in [-0.05, 0) is 5.92 Å². The fourth-order valence-electron chi connectivity index (χ4n) is 1.31. The van der Waals surface area contributed by atoms with E-state index in [-0.39, 0.29) is 12.3 Å². The number of hydrogen-bond acceptors (Lipinski definition) is 2. The van der Waals surface area contributed by atoms with Crippen LogP contribution in [0.1, 0.15) is 37.6 Å². The number of hydrogen-bond donors (Lipinski definition) is 0. The van der Waals surface area contributed by atoms with Gasteiger partial charge in [0.15, 0.2) is 0 Å². The molecule has 1 heterocycles. The molecule has 0 radical (unpaired) electrons. The highest BCUT2D eigenvalue weighted by Gasteiger charge is 2.27. The van der Waals surface area contributed by atoms with Crippen molar-refractivity contribution in [3.05, 3.63) is 23.8 Å². The van der Waals surface area contributed by atoms with Crippen molar-refractivity contribution >= 4 is 0 Å². The second-order valence-electron chi connectivity index (χ2n) is 3.66. The highest BCUT2D eigenvalue weighted by Crippen LogP contribution is 2.23. The van der Waals surface area contributed by atoms with Crippen LogP contribution < -0.4 is 0 Å². The Morgan fingerprint density at radius 3 is 2.33 bits per heavy atom. The van der Waals surface area contributed by atoms with Crippen LogP contribution in [0.5, 0.6) is 0 Å². The van der Waals surface area contributed by atoms with Crippen molar-refractivity contribution in [3.8, 4) is 0 Å². The van der Waals surface area contributed by atoms with Gasteiger partial charge in [-0.15, -0.1) is 0 Å². The number of rotatable bonds is 3. The molecule has 1 rings (SSSR count). The van der Waals surface area contributed by atoms with Crippen molar-refractivity contribution in [2.45, 2.75) is 38.8 Å². The number of alkyl halides is 3. The van der Waals surface area contributed by atoms with E-state index in [2.05, 4.69) is 9.97 Å². The van der Waals surface area contributed by atoms with Crippen molar-refractivity contribution in [1.82, 2.24) is 9.97 Å². The van der Waals surface area contributed by atoms with E-state index in [1.54, 1.807) is 0 Å². The van der Waals surface area contributed by atoms with Gasteiger partial charge in [0.1, 0.15) is 0 Å². The third-order valence-corrected chi connectivity index (χ3v) is 2.00. The number of nitrogens with zero attached hydrogens (tertiary/aromatic N) is 2. The first-order chi connectivity index (χ1) is 6.90. The van der Waals surface area contributed by atoms with Crippen molar-refractivity contribution in [3.63, 3.8) is 0 Å². The first-order valence-corrected chi connectivity index (χ1v) is 4.76. The molecule has 0 bridgehead atoms. The minimum Gasteiger partial charge on any atom is -0.258 e. The molecule has 5 heteroatoms. The molecule has 0 spiro atoms. The van der Waals surface area contributed by atoms with Gasteiger partial charge in [0.2, 0.25) is 0 Å². The molecular formula is C10H13F3N2. The van der Waals surface area contributed by atoms with E-state index in [0.29, 0.717) is 11.4 Å². The Labute approximate surface area is 86.6 Å². The number of halogens is 3. The van der Waals surface area contributed by atoms with Crippen molar-refractivity contribution in [1.29, 1.82) is 0 Å². The fourth-order valence-corrected chi connectivity index (χ4v) is 1.31. The minimum atomic E-state index is -4.13. The van der Waals surface area contributed by atoms with Gasteiger partial charge >= 0.3 is 6.18 Å². The molecule has 84 valence electrons. The van der Waals surface area contributed by atoms with Crippen molar-refractivity contribution in [2.75, 3.05) is 0 Å². The van der Waals surface area contributed by atoms with Crippen molar-refractivity contribution < 1.29 is 13.2 Å². The van der Waals surface area contributed by atoms with Gasteiger partial charge in [0.05, 0.1) is 11.4 Å². The predicted octanol–water partition coefficient (Wildman–Crippen LogP) is 3.09. The summed E-state index contributed by atoms with van der Waals surface area (Å²) in [5.74, 6) is 0.0990. The normalized spacial score (nSPS) is 12.1. The van der Waals surface area contributed by atoms with Gasteiger partial charge in [0, 0.05) is 25.2 Å². The molecule has 1 aromatic heterocycles. The Bertz CT molecular complexity index is 321. The smallest absolute Gasteiger partial charge is 0.258 e. The van der Waals surface area contributed by atoms with Crippen LogP contribution in [0.15, 0.2) is 12.4 Å². The van der Waals surface area contributed by atoms with Gasteiger partial charge in [-0.2, -0.15) is 13.2 Å². The lowest BCUT2D eigenvalue weighted by molar-refractivity contribution is -0.134. The van der Waals surface area contributed by atoms with Gasteiger partial charge in [-0.25, -0.2) is 0 Å². The van der Waals surface area contributed by atoms with E-state index in [4.69, 9.17) is 0 Å². The lowest BCUT2D eigenvalue weighted by atomic mass is 10.0. The van der Waals surface area contributed by atoms with Gasteiger partial charge < -0.3 is 0 Å². The summed E-state index contributed by atoms with van der Waals surface area (Å²) in [5.41, 5.74) is 1.10. The van der Waals surface area contributed by atoms with Gasteiger partial charge in [0.25, 0.3) is 0 Å². The molecule has 1 aromatic rings. The molecule has 0 saturated heterocycles. The molecule has 0 aliphatic heterocycles. The van der Waals surface area contributed by atoms with Crippen LogP contribution in [-0.2, 0) is 6.42 Å². The molecule has 0 aliphatic rings. The number of aromatic nitrogens is 2. The maximum atomic E-state index is 12.0. The molecule has 0 aromatic carbocycles. The van der Waals surface area contributed by atoms with E-state index in [9.17, 15) is 13.2 Å². The van der Waals surface area contributed by atoms with Crippen LogP contribution in [-0.4, -0.2) is 16.1 Å². The zero-order chi connectivity index (χ0) is 11.5. The molecular weight excluding hydrogens is 205 g/mol. The standard InChI is InChI=1S/C10H13F3N2/c1-7(2)9-8(14-5-6-15-9)3-4-10(11,12)13/h5-7H,3-4H2,1-2H3. The van der Waals surface area contributed by atoms with Crippen LogP contribution >= 0.6 is 0 Å². The lowest BCUT2D eigenvalue weighted by Gasteiger charge is -2.11. The summed E-state index contributed by atoms with van der Waals surface area (Å²) in [6, 6.07) is 0. The molecule has 0 unspecified atom stereocenters. The molecule has 0 aliphatic carbocycles. The summed E-state index contributed by atoms with van der Waals surface area (Å²) in [7, 11) is 0. The van der Waals surface area contributed by atoms with Gasteiger partial charge in [-0.3, -0.25) is 9.97 Å². The summed E-state index contributed by atoms with van der Waals surface area (Å²) in [6.45, 7) is 3.78. The third kappa shape index (κ3) is 3.85. The Morgan fingerprint density at radius 1 is 1.20 bits per heavy atom. The van der Waals surface area contributed by atoms with Crippen LogP contribution in [0.3, 0.4) is 0 Å². The monoisotopic (exact) mass is 218 g/mol. The maximum Gasteiger partial charge on any atom is 0.389 e. The Kier molecular flexibility index (Phi) is 3.66. The molecule has 0 atom stereocenters. The Hall–Kier alpha value is -1.13. The fraction of sp³-hybridized carbons (Fsp3) is 0.600. The average molecular weight is 218 g/mol. The maximum absolute atomic E-state index is 12.0. The van der Waals surface area contributed by atoms with E-state index >= 15 is 0 Å². The van der Waals surface area contributed by atoms with Gasteiger partial charge in [-0.1, -0.05) is 13.8 Å². The summed E-state index contributed by atoms with van der Waals surface area (Å²) >= 11 is 0. The molecule has 0 amide bonds. The van der Waals surface area contributed by atoms with Crippen LogP contribution in [0, 0.1) is 0 Å². The zero-order valence-electron chi connectivity index (χ0n) is 8.67. The first-order valence-electron chi connectivity index (χ1n) is 4.76. The average Bonchev–Trinajstić information content (AvgIpc) is 2.14. The zero-order valence-corrected chi connectivity index (χ0v) is 8.67. The Morgan fingerprint density at radius 2 is 1.80 bits per heavy atom. The highest BCUT2D eigenvalue weighted by atomic mass is 19.4. The van der Waals surface area contributed by atoms with E-state index in [0.717, 1.165) is 0 Å². The van der Waals surface area contributed by atoms with Crippen LogP contribution in [0.25, 0.3) is 0 Å². The topological polar surface area (TPSA) is 25.8 Å². The molecule has 0 fully saturated rings. The van der Waals surface area contributed by atoms with Crippen LogP contribution in [0.4, 0.5) is 13.2 Å². The quantitative estimate of drug-likeness (QED) is 0.779. The summed E-state index contributed by atoms with van der Waals surface area (Å²) < 4.78 is 36.1. The summed E-state index contributed by atoms with van der Waals surface area (Å²) in [6.07, 6.45) is -2.13. The molecule has 0 saturated carbocycles. The SMILES string of the molecule is CC(C)c1nccnc1CCC(F)(F)F. The second kappa shape index (κ2) is 4.59. The lowest BCUT2D eigenvalue weighted by Crippen LogP contribution is -2.11. The van der Waals surface area contributed by atoms with E-state index in [1.807, 2.05) is 13.8 Å². The summed E-state index contributed by atoms with van der Waals surface area (Å²) in [4.78, 5) is 7.99. The number of aryl methyl sites for hydroxylation is 1.